The third kappa shape index (κ3) is 2.85. The molecule has 1 aliphatic rings. The van der Waals surface area contributed by atoms with Crippen molar-refractivity contribution in [3.8, 4) is 0 Å². The van der Waals surface area contributed by atoms with Gasteiger partial charge in [-0.05, 0) is 18.8 Å². The second-order valence-corrected chi connectivity index (χ2v) is 4.73. The van der Waals surface area contributed by atoms with E-state index in [9.17, 15) is 4.79 Å². The number of piperidine rings is 1. The fraction of sp³-hybridized carbons (Fsp3) is 0.667. The predicted octanol–water partition coefficient (Wildman–Crippen LogP) is 0.541. The van der Waals surface area contributed by atoms with Crippen LogP contribution in [-0.2, 0) is 6.42 Å². The van der Waals surface area contributed by atoms with Gasteiger partial charge in [0.1, 0.15) is 0 Å². The van der Waals surface area contributed by atoms with Gasteiger partial charge in [-0.25, -0.2) is 4.98 Å². The van der Waals surface area contributed by atoms with Gasteiger partial charge in [0.05, 0.1) is 0 Å². The molecular weight excluding hydrogens is 218 g/mol. The number of H-pyrrole nitrogens is 1. The van der Waals surface area contributed by atoms with Crippen molar-refractivity contribution in [3.05, 3.63) is 22.1 Å². The molecule has 0 saturated carbocycles. The first-order valence-electron chi connectivity index (χ1n) is 6.14. The monoisotopic (exact) mass is 237 g/mol. The average Bonchev–Trinajstić information content (AvgIpc) is 2.32. The second kappa shape index (κ2) is 5.31. The first kappa shape index (κ1) is 12.1. The van der Waals surface area contributed by atoms with Gasteiger partial charge < -0.3 is 10.0 Å². The van der Waals surface area contributed by atoms with Crippen molar-refractivity contribution < 1.29 is 5.11 Å². The van der Waals surface area contributed by atoms with Crippen LogP contribution in [0.1, 0.15) is 25.3 Å². The fourth-order valence-corrected chi connectivity index (χ4v) is 2.25. The first-order valence-corrected chi connectivity index (χ1v) is 6.14. The molecule has 0 aliphatic carbocycles. The molecule has 0 radical (unpaired) electrons. The molecule has 0 bridgehead atoms. The summed E-state index contributed by atoms with van der Waals surface area (Å²) in [7, 11) is 0. The Morgan fingerprint density at radius 3 is 3.12 bits per heavy atom. The highest BCUT2D eigenvalue weighted by Gasteiger charge is 2.18. The topological polar surface area (TPSA) is 69.2 Å². The molecule has 94 valence electrons. The Bertz CT molecular complexity index is 430. The Hall–Kier alpha value is -1.36. The van der Waals surface area contributed by atoms with E-state index in [0.29, 0.717) is 23.9 Å². The fourth-order valence-electron chi connectivity index (χ4n) is 2.25. The van der Waals surface area contributed by atoms with Crippen LogP contribution in [0.15, 0.2) is 11.0 Å². The summed E-state index contributed by atoms with van der Waals surface area (Å²) in [6.45, 7) is 4.09. The SMILES string of the molecule is CC1CCCN(c2ncc(CCO)c(=O)[nH]2)C1. The number of nitrogens with one attached hydrogen (secondary N) is 1. The van der Waals surface area contributed by atoms with Crippen LogP contribution in [0, 0.1) is 5.92 Å². The summed E-state index contributed by atoms with van der Waals surface area (Å²) in [5, 5.41) is 8.81. The highest BCUT2D eigenvalue weighted by atomic mass is 16.3. The lowest BCUT2D eigenvalue weighted by Crippen LogP contribution is -2.36. The van der Waals surface area contributed by atoms with Crippen molar-refractivity contribution >= 4 is 5.95 Å². The standard InChI is InChI=1S/C12H19N3O2/c1-9-3-2-5-15(8-9)12-13-7-10(4-6-16)11(17)14-12/h7,9,16H,2-6,8H2,1H3,(H,13,14,17). The van der Waals surface area contributed by atoms with Gasteiger partial charge in [0.25, 0.3) is 5.56 Å². The van der Waals surface area contributed by atoms with Crippen molar-refractivity contribution in [2.75, 3.05) is 24.6 Å². The van der Waals surface area contributed by atoms with Gasteiger partial charge in [0.2, 0.25) is 5.95 Å². The Kier molecular flexibility index (Phi) is 3.78. The van der Waals surface area contributed by atoms with Crippen LogP contribution in [0.4, 0.5) is 5.95 Å². The normalized spacial score (nSPS) is 20.6. The molecule has 5 nitrogen and oxygen atoms in total. The molecule has 1 fully saturated rings. The molecule has 1 saturated heterocycles. The summed E-state index contributed by atoms with van der Waals surface area (Å²) < 4.78 is 0. The third-order valence-electron chi connectivity index (χ3n) is 3.20. The maximum Gasteiger partial charge on any atom is 0.255 e. The predicted molar refractivity (Wildman–Crippen MR) is 66.3 cm³/mol. The second-order valence-electron chi connectivity index (χ2n) is 4.73. The van der Waals surface area contributed by atoms with E-state index in [1.807, 2.05) is 0 Å². The Balaban J connectivity index is 2.16. The summed E-state index contributed by atoms with van der Waals surface area (Å²) in [5.41, 5.74) is 0.406. The van der Waals surface area contributed by atoms with Crippen LogP contribution >= 0.6 is 0 Å². The van der Waals surface area contributed by atoms with E-state index in [1.165, 1.54) is 6.42 Å². The first-order chi connectivity index (χ1) is 8.20. The molecular formula is C12H19N3O2. The molecule has 1 aromatic heterocycles. The zero-order chi connectivity index (χ0) is 12.3. The molecule has 0 amide bonds. The molecule has 0 spiro atoms. The maximum atomic E-state index is 11.7. The number of aliphatic hydroxyl groups excluding tert-OH is 1. The van der Waals surface area contributed by atoms with Crippen LogP contribution in [0.3, 0.4) is 0 Å². The minimum atomic E-state index is -0.137. The summed E-state index contributed by atoms with van der Waals surface area (Å²) in [6.07, 6.45) is 4.31. The third-order valence-corrected chi connectivity index (χ3v) is 3.20. The number of anilines is 1. The lowest BCUT2D eigenvalue weighted by Gasteiger charge is -2.31. The van der Waals surface area contributed by atoms with E-state index in [0.717, 1.165) is 19.5 Å². The van der Waals surface area contributed by atoms with E-state index in [2.05, 4.69) is 21.8 Å². The lowest BCUT2D eigenvalue weighted by atomic mass is 10.0. The molecule has 1 aliphatic heterocycles. The number of nitrogens with zero attached hydrogens (tertiary/aromatic N) is 2. The zero-order valence-electron chi connectivity index (χ0n) is 10.1. The van der Waals surface area contributed by atoms with Crippen molar-refractivity contribution in [2.45, 2.75) is 26.2 Å². The van der Waals surface area contributed by atoms with E-state index in [1.54, 1.807) is 6.20 Å². The van der Waals surface area contributed by atoms with Gasteiger partial charge >= 0.3 is 0 Å². The van der Waals surface area contributed by atoms with Crippen molar-refractivity contribution in [1.82, 2.24) is 9.97 Å². The molecule has 5 heteroatoms. The highest BCUT2D eigenvalue weighted by Crippen LogP contribution is 2.18. The van der Waals surface area contributed by atoms with Gasteiger partial charge in [-0.1, -0.05) is 6.92 Å². The molecule has 2 heterocycles. The quantitative estimate of drug-likeness (QED) is 0.805. The van der Waals surface area contributed by atoms with Crippen LogP contribution in [0.5, 0.6) is 0 Å². The molecule has 0 aromatic carbocycles. The smallest absolute Gasteiger partial charge is 0.255 e. The summed E-state index contributed by atoms with van der Waals surface area (Å²) >= 11 is 0. The van der Waals surface area contributed by atoms with Crippen molar-refractivity contribution in [1.29, 1.82) is 0 Å². The van der Waals surface area contributed by atoms with Crippen molar-refractivity contribution in [3.63, 3.8) is 0 Å². The number of hydrogen-bond acceptors (Lipinski definition) is 4. The average molecular weight is 237 g/mol. The number of aromatic amines is 1. The van der Waals surface area contributed by atoms with Crippen LogP contribution in [0.2, 0.25) is 0 Å². The van der Waals surface area contributed by atoms with Gasteiger partial charge in [-0.2, -0.15) is 0 Å². The van der Waals surface area contributed by atoms with E-state index < -0.39 is 0 Å². The van der Waals surface area contributed by atoms with Gasteiger partial charge in [-0.3, -0.25) is 9.78 Å². The molecule has 2 rings (SSSR count). The lowest BCUT2D eigenvalue weighted by molar-refractivity contribution is 0.299. The summed E-state index contributed by atoms with van der Waals surface area (Å²) in [4.78, 5) is 20.9. The molecule has 1 unspecified atom stereocenters. The molecule has 17 heavy (non-hydrogen) atoms. The molecule has 2 N–H and O–H groups in total. The molecule has 1 aromatic rings. The minimum Gasteiger partial charge on any atom is -0.396 e. The van der Waals surface area contributed by atoms with E-state index in [4.69, 9.17) is 5.11 Å². The highest BCUT2D eigenvalue weighted by molar-refractivity contribution is 5.30. The number of aromatic nitrogens is 2. The Morgan fingerprint density at radius 1 is 1.65 bits per heavy atom. The Labute approximate surface area is 100 Å². The largest absolute Gasteiger partial charge is 0.396 e. The number of hydrogen-bond donors (Lipinski definition) is 2. The van der Waals surface area contributed by atoms with E-state index in [-0.39, 0.29) is 12.2 Å². The van der Waals surface area contributed by atoms with Crippen molar-refractivity contribution in [2.24, 2.45) is 5.92 Å². The number of aliphatic hydroxyl groups is 1. The zero-order valence-corrected chi connectivity index (χ0v) is 10.1. The van der Waals surface area contributed by atoms with Gasteiger partial charge in [0, 0.05) is 37.9 Å². The number of rotatable bonds is 3. The van der Waals surface area contributed by atoms with Crippen LogP contribution in [0.25, 0.3) is 0 Å². The summed E-state index contributed by atoms with van der Waals surface area (Å²) in [6, 6.07) is 0. The Morgan fingerprint density at radius 2 is 2.47 bits per heavy atom. The van der Waals surface area contributed by atoms with Crippen LogP contribution in [-0.4, -0.2) is 34.8 Å². The maximum absolute atomic E-state index is 11.7. The van der Waals surface area contributed by atoms with E-state index >= 15 is 0 Å². The van der Waals surface area contributed by atoms with Gasteiger partial charge in [0.15, 0.2) is 0 Å². The molecule has 1 atom stereocenters. The minimum absolute atomic E-state index is 0.0230. The summed E-state index contributed by atoms with van der Waals surface area (Å²) in [5.74, 6) is 1.30. The van der Waals surface area contributed by atoms with Crippen LogP contribution < -0.4 is 10.5 Å². The van der Waals surface area contributed by atoms with Gasteiger partial charge in [-0.15, -0.1) is 0 Å².